The van der Waals surface area contributed by atoms with E-state index in [2.05, 4.69) is 20.7 Å². The van der Waals surface area contributed by atoms with Gasteiger partial charge in [0.2, 0.25) is 10.0 Å². The molecule has 21 heavy (non-hydrogen) atoms. The van der Waals surface area contributed by atoms with Crippen LogP contribution in [0.2, 0.25) is 5.02 Å². The summed E-state index contributed by atoms with van der Waals surface area (Å²) in [6.07, 6.45) is 0.212. The number of aliphatic hydroxyl groups is 2. The van der Waals surface area contributed by atoms with Gasteiger partial charge in [0.25, 0.3) is 0 Å². The first-order chi connectivity index (χ1) is 9.75. The number of rotatable bonds is 7. The van der Waals surface area contributed by atoms with E-state index in [0.717, 1.165) is 0 Å². The molecule has 0 aliphatic rings. The third-order valence-electron chi connectivity index (χ3n) is 3.10. The minimum absolute atomic E-state index is 0.0905. The molecule has 0 radical (unpaired) electrons. The van der Waals surface area contributed by atoms with Crippen molar-refractivity contribution in [1.82, 2.24) is 4.72 Å². The summed E-state index contributed by atoms with van der Waals surface area (Å²) in [4.78, 5) is -0.177. The SMILES string of the molecule is CCC(CO)(CO)NS(=O)(=O)c1cc(Cl)cc(Br)c1OC. The van der Waals surface area contributed by atoms with Gasteiger partial charge in [-0.25, -0.2) is 13.1 Å². The number of nitrogens with one attached hydrogen (secondary N) is 1. The molecule has 1 rings (SSSR count). The highest BCUT2D eigenvalue weighted by molar-refractivity contribution is 9.10. The average molecular weight is 403 g/mol. The molecule has 9 heteroatoms. The van der Waals surface area contributed by atoms with Crippen LogP contribution in [0.5, 0.6) is 5.75 Å². The fourth-order valence-electron chi connectivity index (χ4n) is 1.68. The number of hydrogen-bond donors (Lipinski definition) is 3. The van der Waals surface area contributed by atoms with E-state index < -0.39 is 28.8 Å². The van der Waals surface area contributed by atoms with Crippen molar-refractivity contribution in [2.75, 3.05) is 20.3 Å². The van der Waals surface area contributed by atoms with Gasteiger partial charge in [-0.1, -0.05) is 18.5 Å². The fourth-order valence-corrected chi connectivity index (χ4v) is 4.53. The lowest BCUT2D eigenvalue weighted by molar-refractivity contribution is 0.105. The second-order valence-corrected chi connectivity index (χ2v) is 7.42. The standard InChI is InChI=1S/C12H17BrClNO5S/c1-3-12(6-16,7-17)15-21(18,19)10-5-8(14)4-9(13)11(10)20-2/h4-5,15-17H,3,6-7H2,1-2H3. The molecule has 0 saturated carbocycles. The summed E-state index contributed by atoms with van der Waals surface area (Å²) in [5, 5.41) is 18.9. The lowest BCUT2D eigenvalue weighted by Gasteiger charge is -2.29. The van der Waals surface area contributed by atoms with E-state index in [9.17, 15) is 18.6 Å². The minimum atomic E-state index is -4.05. The Morgan fingerprint density at radius 2 is 1.95 bits per heavy atom. The largest absolute Gasteiger partial charge is 0.494 e. The number of hydrogen-bond acceptors (Lipinski definition) is 5. The second-order valence-electron chi connectivity index (χ2n) is 4.47. The van der Waals surface area contributed by atoms with Crippen molar-refractivity contribution in [2.24, 2.45) is 0 Å². The topological polar surface area (TPSA) is 95.9 Å². The summed E-state index contributed by atoms with van der Waals surface area (Å²) < 4.78 is 32.8. The summed E-state index contributed by atoms with van der Waals surface area (Å²) in [7, 11) is -2.72. The zero-order valence-electron chi connectivity index (χ0n) is 11.6. The minimum Gasteiger partial charge on any atom is -0.494 e. The van der Waals surface area contributed by atoms with Crippen LogP contribution in [0, 0.1) is 0 Å². The van der Waals surface area contributed by atoms with E-state index in [-0.39, 0.29) is 22.1 Å². The van der Waals surface area contributed by atoms with Crippen LogP contribution < -0.4 is 9.46 Å². The van der Waals surface area contributed by atoms with Crippen LogP contribution in [0.1, 0.15) is 13.3 Å². The molecule has 0 atom stereocenters. The number of aliphatic hydroxyl groups excluding tert-OH is 2. The fraction of sp³-hybridized carbons (Fsp3) is 0.500. The molecule has 0 bridgehead atoms. The maximum atomic E-state index is 12.5. The van der Waals surface area contributed by atoms with E-state index in [0.29, 0.717) is 4.47 Å². The monoisotopic (exact) mass is 401 g/mol. The maximum Gasteiger partial charge on any atom is 0.245 e. The van der Waals surface area contributed by atoms with Gasteiger partial charge in [-0.05, 0) is 34.5 Å². The molecule has 0 heterocycles. The molecule has 0 aliphatic heterocycles. The molecule has 0 amide bonds. The van der Waals surface area contributed by atoms with Gasteiger partial charge in [0, 0.05) is 5.02 Å². The van der Waals surface area contributed by atoms with Crippen molar-refractivity contribution >= 4 is 37.6 Å². The molecule has 120 valence electrons. The highest BCUT2D eigenvalue weighted by Gasteiger charge is 2.34. The molecular formula is C12H17BrClNO5S. The van der Waals surface area contributed by atoms with Crippen molar-refractivity contribution in [3.05, 3.63) is 21.6 Å². The quantitative estimate of drug-likeness (QED) is 0.643. The number of sulfonamides is 1. The molecule has 3 N–H and O–H groups in total. The van der Waals surface area contributed by atoms with Crippen LogP contribution in [0.15, 0.2) is 21.5 Å². The Balaban J connectivity index is 3.38. The molecule has 0 fully saturated rings. The van der Waals surface area contributed by atoms with Crippen LogP contribution in [-0.2, 0) is 10.0 Å². The van der Waals surface area contributed by atoms with Crippen LogP contribution >= 0.6 is 27.5 Å². The van der Waals surface area contributed by atoms with Crippen molar-refractivity contribution in [3.63, 3.8) is 0 Å². The van der Waals surface area contributed by atoms with Gasteiger partial charge < -0.3 is 14.9 Å². The molecule has 0 aromatic heterocycles. The summed E-state index contributed by atoms with van der Waals surface area (Å²) in [5.74, 6) is 0.0905. The molecule has 6 nitrogen and oxygen atoms in total. The summed E-state index contributed by atoms with van der Waals surface area (Å²) in [6.45, 7) is 0.576. The Hall–Kier alpha value is -0.380. The number of benzene rings is 1. The van der Waals surface area contributed by atoms with E-state index in [1.165, 1.54) is 19.2 Å². The molecule has 0 unspecified atom stereocenters. The normalized spacial score (nSPS) is 12.5. The number of ether oxygens (including phenoxy) is 1. The van der Waals surface area contributed by atoms with E-state index in [1.807, 2.05) is 0 Å². The summed E-state index contributed by atoms with van der Waals surface area (Å²) >= 11 is 9.06. The predicted molar refractivity (Wildman–Crippen MR) is 83.2 cm³/mol. The first-order valence-corrected chi connectivity index (χ1v) is 8.69. The van der Waals surface area contributed by atoms with Crippen molar-refractivity contribution < 1.29 is 23.4 Å². The highest BCUT2D eigenvalue weighted by Crippen LogP contribution is 2.35. The van der Waals surface area contributed by atoms with Crippen molar-refractivity contribution in [2.45, 2.75) is 23.8 Å². The predicted octanol–water partition coefficient (Wildman–Crippen LogP) is 1.52. The van der Waals surface area contributed by atoms with Gasteiger partial charge in [0.05, 0.1) is 30.3 Å². The zero-order chi connectivity index (χ0) is 16.3. The molecule has 0 saturated heterocycles. The number of methoxy groups -OCH3 is 1. The zero-order valence-corrected chi connectivity index (χ0v) is 14.7. The van der Waals surface area contributed by atoms with E-state index in [4.69, 9.17) is 16.3 Å². The van der Waals surface area contributed by atoms with Crippen LogP contribution in [0.4, 0.5) is 0 Å². The van der Waals surface area contributed by atoms with Gasteiger partial charge in [0.1, 0.15) is 4.90 Å². The molecule has 1 aromatic rings. The van der Waals surface area contributed by atoms with Gasteiger partial charge in [-0.15, -0.1) is 0 Å². The molecule has 0 spiro atoms. The number of halogens is 2. The van der Waals surface area contributed by atoms with Crippen LogP contribution in [0.25, 0.3) is 0 Å². The maximum absolute atomic E-state index is 12.5. The third-order valence-corrected chi connectivity index (χ3v) is 5.49. The molecular weight excluding hydrogens is 386 g/mol. The van der Waals surface area contributed by atoms with Crippen LogP contribution in [-0.4, -0.2) is 44.5 Å². The first kappa shape index (κ1) is 18.7. The summed E-state index contributed by atoms with van der Waals surface area (Å²) in [5.41, 5.74) is -1.35. The van der Waals surface area contributed by atoms with Gasteiger partial charge in [0.15, 0.2) is 5.75 Å². The molecule has 1 aromatic carbocycles. The van der Waals surface area contributed by atoms with Gasteiger partial charge in [-0.3, -0.25) is 0 Å². The smallest absolute Gasteiger partial charge is 0.245 e. The lowest BCUT2D eigenvalue weighted by atomic mass is 10.0. The Bertz CT molecular complexity index is 596. The highest BCUT2D eigenvalue weighted by atomic mass is 79.9. The lowest BCUT2D eigenvalue weighted by Crippen LogP contribution is -2.53. The van der Waals surface area contributed by atoms with Gasteiger partial charge in [-0.2, -0.15) is 0 Å². The first-order valence-electron chi connectivity index (χ1n) is 6.04. The Kier molecular flexibility index (Phi) is 6.45. The van der Waals surface area contributed by atoms with Crippen molar-refractivity contribution in [1.29, 1.82) is 0 Å². The second kappa shape index (κ2) is 7.26. The van der Waals surface area contributed by atoms with Crippen LogP contribution in [0.3, 0.4) is 0 Å². The van der Waals surface area contributed by atoms with Gasteiger partial charge >= 0.3 is 0 Å². The molecule has 0 aliphatic carbocycles. The Morgan fingerprint density at radius 3 is 2.38 bits per heavy atom. The Morgan fingerprint density at radius 1 is 1.38 bits per heavy atom. The van der Waals surface area contributed by atoms with E-state index in [1.54, 1.807) is 6.92 Å². The average Bonchev–Trinajstić information content (AvgIpc) is 2.44. The van der Waals surface area contributed by atoms with Crippen molar-refractivity contribution in [3.8, 4) is 5.75 Å². The van der Waals surface area contributed by atoms with E-state index >= 15 is 0 Å². The Labute approximate surface area is 137 Å². The third kappa shape index (κ3) is 4.08. The summed E-state index contributed by atoms with van der Waals surface area (Å²) in [6, 6.07) is 2.74.